The second-order valence-corrected chi connectivity index (χ2v) is 8.21. The number of nitrogens with two attached hydrogens (primary N) is 1. The summed E-state index contributed by atoms with van der Waals surface area (Å²) in [6.07, 6.45) is 2.93. The number of unbranched alkanes of at least 4 members (excludes halogenated alkanes) is 1. The van der Waals surface area contributed by atoms with E-state index in [0.29, 0.717) is 12.1 Å². The average molecular weight is 435 g/mol. The second-order valence-electron chi connectivity index (χ2n) is 8.21. The number of carbonyl (C=O) groups excluding carboxylic acids is 1. The lowest BCUT2D eigenvalue weighted by Crippen LogP contribution is -2.13. The van der Waals surface area contributed by atoms with Gasteiger partial charge in [0.1, 0.15) is 5.75 Å². The molecule has 32 heavy (non-hydrogen) atoms. The summed E-state index contributed by atoms with van der Waals surface area (Å²) in [5, 5.41) is 0. The second kappa shape index (κ2) is 8.99. The Kier molecular flexibility index (Phi) is 6.12. The van der Waals surface area contributed by atoms with E-state index in [-0.39, 0.29) is 6.79 Å². The number of benzene rings is 2. The molecule has 1 aliphatic heterocycles. The minimum Gasteiger partial charge on any atom is -0.496 e. The zero-order chi connectivity index (χ0) is 22.8. The fourth-order valence-corrected chi connectivity index (χ4v) is 4.48. The molecule has 0 aliphatic carbocycles. The predicted molar refractivity (Wildman–Crippen MR) is 125 cm³/mol. The van der Waals surface area contributed by atoms with Crippen molar-refractivity contribution in [3.8, 4) is 28.4 Å². The molecule has 0 saturated carbocycles. The molecule has 1 amide bonds. The molecule has 0 radical (unpaired) electrons. The molecular formula is C26H30N2O4. The summed E-state index contributed by atoms with van der Waals surface area (Å²) in [5.74, 6) is 1.93. The van der Waals surface area contributed by atoms with Gasteiger partial charge >= 0.3 is 0 Å². The summed E-state index contributed by atoms with van der Waals surface area (Å²) in [6, 6.07) is 12.0. The van der Waals surface area contributed by atoms with Crippen LogP contribution in [0, 0.1) is 13.8 Å². The van der Waals surface area contributed by atoms with Crippen molar-refractivity contribution in [2.75, 3.05) is 13.9 Å². The number of rotatable bonds is 8. The normalized spacial score (nSPS) is 12.2. The highest BCUT2D eigenvalue weighted by Crippen LogP contribution is 2.37. The van der Waals surface area contributed by atoms with Crippen molar-refractivity contribution in [3.63, 3.8) is 0 Å². The zero-order valence-electron chi connectivity index (χ0n) is 19.2. The molecule has 6 heteroatoms. The maximum Gasteiger partial charge on any atom is 0.251 e. The monoisotopic (exact) mass is 434 g/mol. The Labute approximate surface area is 188 Å². The van der Waals surface area contributed by atoms with Crippen LogP contribution >= 0.6 is 0 Å². The van der Waals surface area contributed by atoms with Crippen molar-refractivity contribution in [2.24, 2.45) is 5.73 Å². The van der Waals surface area contributed by atoms with Gasteiger partial charge in [0, 0.05) is 23.5 Å². The van der Waals surface area contributed by atoms with Gasteiger partial charge in [-0.2, -0.15) is 0 Å². The number of ether oxygens (including phenoxy) is 3. The molecule has 168 valence electrons. The highest BCUT2D eigenvalue weighted by molar-refractivity contribution is 6.02. The highest BCUT2D eigenvalue weighted by atomic mass is 16.7. The summed E-state index contributed by atoms with van der Waals surface area (Å²) < 4.78 is 18.7. The van der Waals surface area contributed by atoms with Crippen LogP contribution in [0.5, 0.6) is 17.2 Å². The van der Waals surface area contributed by atoms with Gasteiger partial charge in [-0.3, -0.25) is 4.79 Å². The molecule has 0 unspecified atom stereocenters. The lowest BCUT2D eigenvalue weighted by Gasteiger charge is -2.14. The van der Waals surface area contributed by atoms with E-state index in [1.54, 1.807) is 7.11 Å². The Morgan fingerprint density at radius 1 is 1.12 bits per heavy atom. The smallest absolute Gasteiger partial charge is 0.251 e. The molecule has 1 aromatic heterocycles. The van der Waals surface area contributed by atoms with Crippen molar-refractivity contribution in [1.29, 1.82) is 0 Å². The minimum atomic E-state index is -0.409. The first kappa shape index (κ1) is 21.8. The molecule has 3 aromatic rings. The molecular weight excluding hydrogens is 404 g/mol. The van der Waals surface area contributed by atoms with Gasteiger partial charge in [-0.15, -0.1) is 0 Å². The van der Waals surface area contributed by atoms with Gasteiger partial charge in [0.05, 0.1) is 12.7 Å². The number of methoxy groups -OCH3 is 1. The molecule has 2 N–H and O–H groups in total. The molecule has 0 bridgehead atoms. The van der Waals surface area contributed by atoms with Gasteiger partial charge in [0.25, 0.3) is 5.91 Å². The number of primary amides is 1. The van der Waals surface area contributed by atoms with E-state index < -0.39 is 5.91 Å². The lowest BCUT2D eigenvalue weighted by molar-refractivity contribution is 0.1000. The fraction of sp³-hybridized carbons (Fsp3) is 0.346. The van der Waals surface area contributed by atoms with Crippen molar-refractivity contribution >= 4 is 5.91 Å². The molecule has 6 nitrogen and oxygen atoms in total. The Balaban J connectivity index is 1.87. The first-order chi connectivity index (χ1) is 15.4. The zero-order valence-corrected chi connectivity index (χ0v) is 19.2. The minimum absolute atomic E-state index is 0.246. The third kappa shape index (κ3) is 3.93. The number of aromatic nitrogens is 1. The van der Waals surface area contributed by atoms with Crippen molar-refractivity contribution in [1.82, 2.24) is 4.57 Å². The van der Waals surface area contributed by atoms with E-state index in [0.717, 1.165) is 70.2 Å². The molecule has 4 rings (SSSR count). The first-order valence-corrected chi connectivity index (χ1v) is 11.0. The molecule has 1 aliphatic rings. The number of hydrogen-bond acceptors (Lipinski definition) is 4. The quantitative estimate of drug-likeness (QED) is 0.541. The Bertz CT molecular complexity index is 1160. The summed E-state index contributed by atoms with van der Waals surface area (Å²) in [4.78, 5) is 12.6. The summed E-state index contributed by atoms with van der Waals surface area (Å²) in [6.45, 7) is 7.02. The highest BCUT2D eigenvalue weighted by Gasteiger charge is 2.25. The van der Waals surface area contributed by atoms with Gasteiger partial charge in [0.15, 0.2) is 11.5 Å². The van der Waals surface area contributed by atoms with Crippen molar-refractivity contribution < 1.29 is 19.0 Å². The van der Waals surface area contributed by atoms with Crippen LogP contribution < -0.4 is 19.9 Å². The number of hydrogen-bond donors (Lipinski definition) is 1. The largest absolute Gasteiger partial charge is 0.496 e. The van der Waals surface area contributed by atoms with E-state index in [9.17, 15) is 4.79 Å². The molecule has 2 aromatic carbocycles. The van der Waals surface area contributed by atoms with Gasteiger partial charge in [-0.25, -0.2) is 0 Å². The van der Waals surface area contributed by atoms with Crippen LogP contribution in [0.1, 0.15) is 52.6 Å². The van der Waals surface area contributed by atoms with Crippen LogP contribution in [0.4, 0.5) is 0 Å². The third-order valence-corrected chi connectivity index (χ3v) is 6.11. The maximum absolute atomic E-state index is 12.6. The molecule has 0 atom stereocenters. The summed E-state index contributed by atoms with van der Waals surface area (Å²) in [5.41, 5.74) is 12.5. The topological polar surface area (TPSA) is 75.7 Å². The molecule has 0 spiro atoms. The van der Waals surface area contributed by atoms with Crippen molar-refractivity contribution in [2.45, 2.75) is 46.6 Å². The lowest BCUT2D eigenvalue weighted by atomic mass is 9.96. The number of nitrogens with zero attached hydrogens (tertiary/aromatic N) is 1. The van der Waals surface area contributed by atoms with Gasteiger partial charge in [-0.05, 0) is 67.6 Å². The Morgan fingerprint density at radius 3 is 2.59 bits per heavy atom. The number of carbonyl (C=O) groups is 1. The first-order valence-electron chi connectivity index (χ1n) is 11.0. The van der Waals surface area contributed by atoms with Gasteiger partial charge in [-0.1, -0.05) is 25.5 Å². The van der Waals surface area contributed by atoms with E-state index in [4.69, 9.17) is 19.9 Å². The van der Waals surface area contributed by atoms with Crippen LogP contribution in [0.25, 0.3) is 11.1 Å². The summed E-state index contributed by atoms with van der Waals surface area (Å²) >= 11 is 0. The van der Waals surface area contributed by atoms with E-state index >= 15 is 0 Å². The molecule has 0 fully saturated rings. The van der Waals surface area contributed by atoms with E-state index in [1.807, 2.05) is 44.2 Å². The Hall–Kier alpha value is -3.41. The average Bonchev–Trinajstić information content (AvgIpc) is 3.34. The number of fused-ring (bicyclic) bond motifs is 1. The van der Waals surface area contributed by atoms with Crippen molar-refractivity contribution in [3.05, 3.63) is 64.5 Å². The van der Waals surface area contributed by atoms with Crippen LogP contribution in [0.2, 0.25) is 0 Å². The molecule has 0 saturated heterocycles. The van der Waals surface area contributed by atoms with E-state index in [2.05, 4.69) is 17.6 Å². The van der Waals surface area contributed by atoms with Crippen LogP contribution in [-0.4, -0.2) is 24.4 Å². The Morgan fingerprint density at radius 2 is 1.91 bits per heavy atom. The third-order valence-electron chi connectivity index (χ3n) is 6.11. The standard InChI is InChI=1S/C26H30N2O4/c1-5-6-7-20-25(19-9-11-21(30-4)16(2)12-19)24(26(27)29)17(3)28(20)14-18-8-10-22-23(13-18)32-15-31-22/h8-13H,5-7,14-15H2,1-4H3,(H2,27,29). The number of amides is 1. The van der Waals surface area contributed by atoms with Crippen LogP contribution in [0.3, 0.4) is 0 Å². The van der Waals surface area contributed by atoms with Crippen LogP contribution in [-0.2, 0) is 13.0 Å². The van der Waals surface area contributed by atoms with E-state index in [1.165, 1.54) is 0 Å². The predicted octanol–water partition coefficient (Wildman–Crippen LogP) is 5.00. The summed E-state index contributed by atoms with van der Waals surface area (Å²) in [7, 11) is 1.66. The maximum atomic E-state index is 12.6. The van der Waals surface area contributed by atoms with Gasteiger partial charge in [0.2, 0.25) is 6.79 Å². The molecule has 2 heterocycles. The fourth-order valence-electron chi connectivity index (χ4n) is 4.48. The van der Waals surface area contributed by atoms with Crippen LogP contribution in [0.15, 0.2) is 36.4 Å². The van der Waals surface area contributed by atoms with Gasteiger partial charge < -0.3 is 24.5 Å². The SMILES string of the molecule is CCCCc1c(-c2ccc(OC)c(C)c2)c(C(N)=O)c(C)n1Cc1ccc2c(c1)OCO2. The number of aryl methyl sites for hydroxylation is 1.